The minimum Gasteiger partial charge on any atom is -0.306 e. The van der Waals surface area contributed by atoms with Gasteiger partial charge >= 0.3 is 0 Å². The first-order valence-electron chi connectivity index (χ1n) is 13.8. The fourth-order valence-corrected chi connectivity index (χ4v) is 7.00. The fourth-order valence-electron chi connectivity index (χ4n) is 5.43. The number of unbranched alkanes of at least 4 members (excludes halogenated alkanes) is 2. The first kappa shape index (κ1) is 26.9. The van der Waals surface area contributed by atoms with E-state index >= 15 is 0 Å². The number of nitrogens with zero attached hydrogens (tertiary/aromatic N) is 2. The van der Waals surface area contributed by atoms with Gasteiger partial charge in [-0.3, -0.25) is 9.59 Å². The minimum atomic E-state index is 0.00389. The van der Waals surface area contributed by atoms with Crippen LogP contribution in [0.3, 0.4) is 0 Å². The first-order valence-corrected chi connectivity index (χ1v) is 15.5. The maximum Gasteiger partial charge on any atom is 0.261 e. The minimum absolute atomic E-state index is 0.00389. The molecule has 0 aliphatic carbocycles. The number of fused-ring (bicyclic) bond motifs is 1. The SMILES string of the molecule is CCCC[C@@H](CC)CN1C(=O)C2=C(c3cccs3)N(C[C@H](CC)CCCC)C(=O)C2=C1c1cccs1. The topological polar surface area (TPSA) is 40.6 Å². The van der Waals surface area contributed by atoms with E-state index in [2.05, 4.69) is 39.8 Å². The van der Waals surface area contributed by atoms with Crippen molar-refractivity contribution in [3.8, 4) is 0 Å². The van der Waals surface area contributed by atoms with Crippen molar-refractivity contribution in [2.75, 3.05) is 13.1 Å². The average molecular weight is 525 g/mol. The average Bonchev–Trinajstić information content (AvgIpc) is 3.68. The molecule has 2 amide bonds. The predicted octanol–water partition coefficient (Wildman–Crippen LogP) is 8.05. The molecular formula is C30H40N2O2S2. The fraction of sp³-hybridized carbons (Fsp3) is 0.533. The third kappa shape index (κ3) is 5.26. The van der Waals surface area contributed by atoms with Gasteiger partial charge < -0.3 is 9.80 Å². The molecule has 36 heavy (non-hydrogen) atoms. The summed E-state index contributed by atoms with van der Waals surface area (Å²) in [6, 6.07) is 8.14. The smallest absolute Gasteiger partial charge is 0.261 e. The highest BCUT2D eigenvalue weighted by molar-refractivity contribution is 7.11. The maximum atomic E-state index is 14.2. The molecule has 2 aliphatic heterocycles. The summed E-state index contributed by atoms with van der Waals surface area (Å²) in [7, 11) is 0. The summed E-state index contributed by atoms with van der Waals surface area (Å²) < 4.78 is 0. The van der Waals surface area contributed by atoms with Gasteiger partial charge in [-0.25, -0.2) is 0 Å². The molecule has 0 aromatic carbocycles. The van der Waals surface area contributed by atoms with Crippen LogP contribution in [0.15, 0.2) is 46.2 Å². The number of hydrogen-bond acceptors (Lipinski definition) is 4. The van der Waals surface area contributed by atoms with Gasteiger partial charge in [0, 0.05) is 13.1 Å². The zero-order valence-electron chi connectivity index (χ0n) is 22.2. The van der Waals surface area contributed by atoms with Crippen LogP contribution in [-0.2, 0) is 9.59 Å². The van der Waals surface area contributed by atoms with Crippen molar-refractivity contribution in [2.45, 2.75) is 79.1 Å². The molecule has 4 nitrogen and oxygen atoms in total. The van der Waals surface area contributed by atoms with Gasteiger partial charge in [-0.2, -0.15) is 0 Å². The Morgan fingerprint density at radius 2 is 1.11 bits per heavy atom. The summed E-state index contributed by atoms with van der Waals surface area (Å²) in [5.41, 5.74) is 2.93. The van der Waals surface area contributed by atoms with Crippen molar-refractivity contribution in [2.24, 2.45) is 11.8 Å². The Bertz CT molecular complexity index is 1010. The lowest BCUT2D eigenvalue weighted by atomic mass is 9.98. The molecule has 6 heteroatoms. The van der Waals surface area contributed by atoms with E-state index in [1.807, 2.05) is 32.7 Å². The predicted molar refractivity (Wildman–Crippen MR) is 153 cm³/mol. The molecule has 0 saturated heterocycles. The van der Waals surface area contributed by atoms with E-state index < -0.39 is 0 Å². The van der Waals surface area contributed by atoms with Crippen LogP contribution in [0.25, 0.3) is 11.4 Å². The van der Waals surface area contributed by atoms with Crippen LogP contribution in [0.5, 0.6) is 0 Å². The molecule has 0 fully saturated rings. The quantitative estimate of drug-likeness (QED) is 0.251. The lowest BCUT2D eigenvalue weighted by Crippen LogP contribution is -2.34. The van der Waals surface area contributed by atoms with E-state index in [9.17, 15) is 9.59 Å². The van der Waals surface area contributed by atoms with E-state index in [0.29, 0.717) is 36.1 Å². The van der Waals surface area contributed by atoms with Crippen molar-refractivity contribution in [3.05, 3.63) is 55.9 Å². The molecule has 2 atom stereocenters. The van der Waals surface area contributed by atoms with Gasteiger partial charge in [0.05, 0.1) is 32.3 Å². The van der Waals surface area contributed by atoms with Crippen molar-refractivity contribution in [3.63, 3.8) is 0 Å². The molecule has 194 valence electrons. The van der Waals surface area contributed by atoms with Crippen molar-refractivity contribution in [1.29, 1.82) is 0 Å². The van der Waals surface area contributed by atoms with Crippen molar-refractivity contribution >= 4 is 45.9 Å². The Labute approximate surface area is 224 Å². The molecule has 0 N–H and O–H groups in total. The first-order chi connectivity index (χ1) is 17.5. The molecule has 2 aromatic rings. The number of rotatable bonds is 14. The molecule has 0 saturated carbocycles. The molecule has 0 bridgehead atoms. The Hall–Kier alpha value is -2.18. The van der Waals surface area contributed by atoms with Gasteiger partial charge in [-0.15, -0.1) is 22.7 Å². The summed E-state index contributed by atoms with van der Waals surface area (Å²) >= 11 is 3.23. The van der Waals surface area contributed by atoms with Gasteiger partial charge in [-0.1, -0.05) is 78.4 Å². The normalized spacial score (nSPS) is 17.6. The summed E-state index contributed by atoms with van der Waals surface area (Å²) in [6.07, 6.45) is 8.91. The lowest BCUT2D eigenvalue weighted by molar-refractivity contribution is -0.124. The Kier molecular flexibility index (Phi) is 9.24. The second-order valence-electron chi connectivity index (χ2n) is 10.1. The summed E-state index contributed by atoms with van der Waals surface area (Å²) in [5.74, 6) is 0.867. The molecule has 4 rings (SSSR count). The van der Waals surface area contributed by atoms with Crippen LogP contribution in [-0.4, -0.2) is 34.7 Å². The third-order valence-electron chi connectivity index (χ3n) is 7.66. The van der Waals surface area contributed by atoms with Crippen LogP contribution in [0.4, 0.5) is 0 Å². The second kappa shape index (κ2) is 12.4. The Morgan fingerprint density at radius 1 is 0.694 bits per heavy atom. The summed E-state index contributed by atoms with van der Waals surface area (Å²) in [4.78, 5) is 34.3. The van der Waals surface area contributed by atoms with Crippen LogP contribution in [0.2, 0.25) is 0 Å². The molecule has 4 heterocycles. The van der Waals surface area contributed by atoms with Crippen molar-refractivity contribution in [1.82, 2.24) is 9.80 Å². The summed E-state index contributed by atoms with van der Waals surface area (Å²) in [5, 5.41) is 4.08. The zero-order valence-corrected chi connectivity index (χ0v) is 23.9. The Morgan fingerprint density at radius 3 is 1.42 bits per heavy atom. The largest absolute Gasteiger partial charge is 0.306 e. The van der Waals surface area contributed by atoms with Crippen LogP contribution in [0, 0.1) is 11.8 Å². The molecule has 0 radical (unpaired) electrons. The third-order valence-corrected chi connectivity index (χ3v) is 9.41. The number of carbonyl (C=O) groups excluding carboxylic acids is 2. The summed E-state index contributed by atoms with van der Waals surface area (Å²) in [6.45, 7) is 10.2. The zero-order chi connectivity index (χ0) is 25.7. The standard InChI is InChI=1S/C30H40N2O2S2/c1-5-9-13-21(7-3)19-31-27(23-15-11-17-35-23)25-26(29(31)33)28(24-16-12-18-36-24)32(30(25)34)20-22(8-4)14-10-6-2/h11-12,15-18,21-22H,5-10,13-14,19-20H2,1-4H3/t21-,22-/m1/s1. The lowest BCUT2D eigenvalue weighted by Gasteiger charge is -2.29. The van der Waals surface area contributed by atoms with Gasteiger partial charge in [-0.05, 0) is 47.6 Å². The highest BCUT2D eigenvalue weighted by Gasteiger charge is 2.49. The maximum absolute atomic E-state index is 14.2. The number of amides is 2. The van der Waals surface area contributed by atoms with Crippen molar-refractivity contribution < 1.29 is 9.59 Å². The van der Waals surface area contributed by atoms with Gasteiger partial charge in [0.25, 0.3) is 11.8 Å². The monoisotopic (exact) mass is 524 g/mol. The molecule has 2 aliphatic rings. The number of hydrogen-bond donors (Lipinski definition) is 0. The molecular weight excluding hydrogens is 484 g/mol. The van der Waals surface area contributed by atoms with E-state index in [1.165, 1.54) is 0 Å². The number of carbonyl (C=O) groups is 2. The Balaban J connectivity index is 1.81. The van der Waals surface area contributed by atoms with Gasteiger partial charge in [0.1, 0.15) is 0 Å². The van der Waals surface area contributed by atoms with Gasteiger partial charge in [0.15, 0.2) is 0 Å². The van der Waals surface area contributed by atoms with E-state index in [1.54, 1.807) is 22.7 Å². The molecule has 0 unspecified atom stereocenters. The number of thiophene rings is 2. The highest BCUT2D eigenvalue weighted by Crippen LogP contribution is 2.48. The van der Waals surface area contributed by atoms with Crippen LogP contribution >= 0.6 is 22.7 Å². The van der Waals surface area contributed by atoms with Gasteiger partial charge in [0.2, 0.25) is 0 Å². The van der Waals surface area contributed by atoms with Crippen LogP contribution in [0.1, 0.15) is 88.8 Å². The van der Waals surface area contributed by atoms with E-state index in [-0.39, 0.29) is 11.8 Å². The second-order valence-corrected chi connectivity index (χ2v) is 12.0. The highest BCUT2D eigenvalue weighted by atomic mass is 32.1. The van der Waals surface area contributed by atoms with E-state index in [0.717, 1.165) is 72.5 Å². The van der Waals surface area contributed by atoms with Crippen LogP contribution < -0.4 is 0 Å². The molecule has 0 spiro atoms. The van der Waals surface area contributed by atoms with E-state index in [4.69, 9.17) is 0 Å². The molecule has 2 aromatic heterocycles.